The number of aliphatic hydroxyl groups excluding tert-OH is 1. The fraction of sp³-hybridized carbons (Fsp3) is 0.522. The van der Waals surface area contributed by atoms with Crippen molar-refractivity contribution in [2.24, 2.45) is 17.4 Å². The number of carbonyl (C=O) groups is 5. The number of nitrogens with one attached hydrogen (secondary N) is 3. The Hall–Kier alpha value is -3.51. The smallest absolute Gasteiger partial charge is 0.326 e. The van der Waals surface area contributed by atoms with Crippen LogP contribution in [0, 0.1) is 5.92 Å². The molecule has 12 heteroatoms. The number of aliphatic carboxylic acids is 1. The Balaban J connectivity index is 3.05. The van der Waals surface area contributed by atoms with Crippen LogP contribution in [0.4, 0.5) is 0 Å². The van der Waals surface area contributed by atoms with Gasteiger partial charge < -0.3 is 37.6 Å². The molecule has 1 rings (SSSR count). The van der Waals surface area contributed by atoms with E-state index in [0.717, 1.165) is 5.56 Å². The minimum Gasteiger partial charge on any atom is -0.480 e. The van der Waals surface area contributed by atoms with Gasteiger partial charge in [-0.2, -0.15) is 0 Å². The van der Waals surface area contributed by atoms with E-state index in [1.165, 1.54) is 6.92 Å². The van der Waals surface area contributed by atoms with E-state index in [-0.39, 0.29) is 25.2 Å². The summed E-state index contributed by atoms with van der Waals surface area (Å²) in [6, 6.07) is 3.81. The van der Waals surface area contributed by atoms with Crippen molar-refractivity contribution < 1.29 is 34.2 Å². The highest BCUT2D eigenvalue weighted by molar-refractivity contribution is 5.94. The van der Waals surface area contributed by atoms with Crippen molar-refractivity contribution in [2.45, 2.75) is 70.3 Å². The predicted octanol–water partition coefficient (Wildman–Crippen LogP) is -1.60. The lowest BCUT2D eigenvalue weighted by Gasteiger charge is -2.27. The Morgan fingerprint density at radius 1 is 0.886 bits per heavy atom. The molecule has 5 atom stereocenters. The van der Waals surface area contributed by atoms with Crippen molar-refractivity contribution in [1.29, 1.82) is 0 Å². The Labute approximate surface area is 203 Å². The summed E-state index contributed by atoms with van der Waals surface area (Å²) < 4.78 is 0. The van der Waals surface area contributed by atoms with Crippen LogP contribution < -0.4 is 27.4 Å². The molecule has 0 aliphatic rings. The van der Waals surface area contributed by atoms with E-state index in [1.807, 2.05) is 0 Å². The topological polar surface area (TPSA) is 214 Å². The van der Waals surface area contributed by atoms with E-state index in [4.69, 9.17) is 11.5 Å². The number of carboxylic acids is 1. The first-order valence-electron chi connectivity index (χ1n) is 11.2. The van der Waals surface area contributed by atoms with Gasteiger partial charge in [-0.25, -0.2) is 4.79 Å². The van der Waals surface area contributed by atoms with E-state index in [2.05, 4.69) is 16.0 Å². The van der Waals surface area contributed by atoms with Crippen molar-refractivity contribution in [1.82, 2.24) is 16.0 Å². The number of benzene rings is 1. The lowest BCUT2D eigenvalue weighted by Crippen LogP contribution is -2.60. The number of hydrogen-bond donors (Lipinski definition) is 7. The summed E-state index contributed by atoms with van der Waals surface area (Å²) in [4.78, 5) is 60.8. The van der Waals surface area contributed by atoms with Gasteiger partial charge in [0.15, 0.2) is 0 Å². The van der Waals surface area contributed by atoms with Crippen molar-refractivity contribution in [3.63, 3.8) is 0 Å². The molecule has 0 heterocycles. The summed E-state index contributed by atoms with van der Waals surface area (Å²) in [5.41, 5.74) is 11.7. The Morgan fingerprint density at radius 3 is 1.94 bits per heavy atom. The molecule has 0 aromatic heterocycles. The monoisotopic (exact) mass is 493 g/mol. The molecule has 0 spiro atoms. The van der Waals surface area contributed by atoms with Crippen molar-refractivity contribution >= 4 is 29.6 Å². The van der Waals surface area contributed by atoms with Gasteiger partial charge in [0, 0.05) is 12.8 Å². The third-order valence-corrected chi connectivity index (χ3v) is 5.29. The highest BCUT2D eigenvalue weighted by Crippen LogP contribution is 2.07. The number of carbonyl (C=O) groups excluding carboxylic acids is 4. The first-order valence-corrected chi connectivity index (χ1v) is 11.2. The second-order valence-corrected chi connectivity index (χ2v) is 8.65. The van der Waals surface area contributed by atoms with Gasteiger partial charge in [0.2, 0.25) is 23.6 Å². The summed E-state index contributed by atoms with van der Waals surface area (Å²) in [7, 11) is 0. The van der Waals surface area contributed by atoms with Crippen LogP contribution in [0.25, 0.3) is 0 Å². The maximum atomic E-state index is 13.1. The summed E-state index contributed by atoms with van der Waals surface area (Å²) in [5.74, 6) is -4.67. The number of hydrogen-bond acceptors (Lipinski definition) is 7. The van der Waals surface area contributed by atoms with Crippen LogP contribution in [-0.2, 0) is 30.4 Å². The molecule has 9 N–H and O–H groups in total. The molecular weight excluding hydrogens is 458 g/mol. The number of primary amides is 1. The average Bonchev–Trinajstić information content (AvgIpc) is 2.78. The van der Waals surface area contributed by atoms with Crippen LogP contribution in [-0.4, -0.2) is 70.1 Å². The molecule has 1 aromatic rings. The third-order valence-electron chi connectivity index (χ3n) is 5.29. The zero-order chi connectivity index (χ0) is 26.7. The molecule has 0 fully saturated rings. The summed E-state index contributed by atoms with van der Waals surface area (Å²) in [6.07, 6.45) is -1.88. The standard InChI is InChI=1S/C23H35N5O7/c1-12(2)18(25)21(32)27-16(11-14-7-5-4-6-8-14)20(31)28-19(13(3)29)22(33)26-15(23(34)35)9-10-17(24)30/h4-8,12-13,15-16,18-19,29H,9-11,25H2,1-3H3,(H2,24,30)(H,26,33)(H,27,32)(H,28,31)(H,34,35). The molecule has 0 aliphatic heterocycles. The van der Waals surface area contributed by atoms with Crippen LogP contribution in [0.5, 0.6) is 0 Å². The van der Waals surface area contributed by atoms with Crippen LogP contribution in [0.15, 0.2) is 30.3 Å². The first-order chi connectivity index (χ1) is 16.3. The quantitative estimate of drug-likeness (QED) is 0.160. The molecular formula is C23H35N5O7. The SMILES string of the molecule is CC(C)C(N)C(=O)NC(Cc1ccccc1)C(=O)NC(C(=O)NC(CCC(N)=O)C(=O)O)C(C)O. The lowest BCUT2D eigenvalue weighted by molar-refractivity contribution is -0.143. The minimum absolute atomic E-state index is 0.0771. The van der Waals surface area contributed by atoms with Crippen LogP contribution in [0.3, 0.4) is 0 Å². The van der Waals surface area contributed by atoms with E-state index in [1.54, 1.807) is 44.2 Å². The Bertz CT molecular complexity index is 892. The molecule has 5 unspecified atom stereocenters. The van der Waals surface area contributed by atoms with Crippen molar-refractivity contribution in [2.75, 3.05) is 0 Å². The van der Waals surface area contributed by atoms with Gasteiger partial charge >= 0.3 is 5.97 Å². The molecule has 4 amide bonds. The van der Waals surface area contributed by atoms with E-state index in [0.29, 0.717) is 0 Å². The average molecular weight is 494 g/mol. The van der Waals surface area contributed by atoms with Crippen molar-refractivity contribution in [3.8, 4) is 0 Å². The van der Waals surface area contributed by atoms with E-state index in [9.17, 15) is 34.2 Å². The van der Waals surface area contributed by atoms with Crippen LogP contribution >= 0.6 is 0 Å². The number of amides is 4. The molecule has 1 aromatic carbocycles. The van der Waals surface area contributed by atoms with Crippen LogP contribution in [0.1, 0.15) is 39.2 Å². The zero-order valence-electron chi connectivity index (χ0n) is 20.1. The second-order valence-electron chi connectivity index (χ2n) is 8.65. The molecule has 0 saturated heterocycles. The van der Waals surface area contributed by atoms with E-state index >= 15 is 0 Å². The largest absolute Gasteiger partial charge is 0.480 e. The van der Waals surface area contributed by atoms with Gasteiger partial charge in [-0.1, -0.05) is 44.2 Å². The predicted molar refractivity (Wildman–Crippen MR) is 126 cm³/mol. The van der Waals surface area contributed by atoms with Gasteiger partial charge in [0.25, 0.3) is 0 Å². The summed E-state index contributed by atoms with van der Waals surface area (Å²) >= 11 is 0. The van der Waals surface area contributed by atoms with Gasteiger partial charge in [-0.15, -0.1) is 0 Å². The molecule has 194 valence electrons. The zero-order valence-corrected chi connectivity index (χ0v) is 20.1. The first kappa shape index (κ1) is 29.5. The number of aliphatic hydroxyl groups is 1. The maximum Gasteiger partial charge on any atom is 0.326 e. The van der Waals surface area contributed by atoms with Gasteiger partial charge in [-0.3, -0.25) is 19.2 Å². The molecule has 35 heavy (non-hydrogen) atoms. The maximum absolute atomic E-state index is 13.1. The van der Waals surface area contributed by atoms with Crippen LogP contribution in [0.2, 0.25) is 0 Å². The highest BCUT2D eigenvalue weighted by atomic mass is 16.4. The van der Waals surface area contributed by atoms with Gasteiger partial charge in [0.05, 0.1) is 12.1 Å². The molecule has 0 saturated carbocycles. The number of nitrogens with two attached hydrogens (primary N) is 2. The van der Waals surface area contributed by atoms with E-state index < -0.39 is 59.9 Å². The van der Waals surface area contributed by atoms with Gasteiger partial charge in [0.1, 0.15) is 18.1 Å². The second kappa shape index (κ2) is 14.0. The lowest BCUT2D eigenvalue weighted by atomic mass is 10.0. The Kier molecular flexibility index (Phi) is 11.8. The fourth-order valence-corrected chi connectivity index (χ4v) is 3.09. The van der Waals surface area contributed by atoms with Gasteiger partial charge in [-0.05, 0) is 24.8 Å². The molecule has 0 aliphatic carbocycles. The summed E-state index contributed by atoms with van der Waals surface area (Å²) in [5, 5.41) is 26.6. The fourth-order valence-electron chi connectivity index (χ4n) is 3.09. The third kappa shape index (κ3) is 10.1. The van der Waals surface area contributed by atoms with Crippen molar-refractivity contribution in [3.05, 3.63) is 35.9 Å². The molecule has 0 bridgehead atoms. The highest BCUT2D eigenvalue weighted by Gasteiger charge is 2.33. The number of rotatable bonds is 14. The minimum atomic E-state index is -1.54. The number of carboxylic acid groups (broad SMARTS) is 1. The molecule has 0 radical (unpaired) electrons. The summed E-state index contributed by atoms with van der Waals surface area (Å²) in [6.45, 7) is 4.74. The Morgan fingerprint density at radius 2 is 1.46 bits per heavy atom. The molecule has 12 nitrogen and oxygen atoms in total. The normalized spacial score (nSPS) is 15.3.